The molecule has 0 radical (unpaired) electrons. The maximum absolute atomic E-state index is 12.6. The molecule has 0 aliphatic carbocycles. The summed E-state index contributed by atoms with van der Waals surface area (Å²) in [5.41, 5.74) is -0.608. The summed E-state index contributed by atoms with van der Waals surface area (Å²) < 4.78 is 5.25. The van der Waals surface area contributed by atoms with Crippen molar-refractivity contribution in [2.75, 3.05) is 46.2 Å². The minimum atomic E-state index is -1.80. The number of aliphatic hydroxyl groups excluding tert-OH is 5. The van der Waals surface area contributed by atoms with Crippen LogP contribution in [0.3, 0.4) is 0 Å². The maximum atomic E-state index is 12.6. The number of nitrogens with one attached hydrogen (secondary N) is 6. The fraction of sp³-hybridized carbons (Fsp3) is 0.696. The van der Waals surface area contributed by atoms with Crippen molar-refractivity contribution in [3.8, 4) is 0 Å². The van der Waals surface area contributed by atoms with E-state index in [9.17, 15) is 54.0 Å². The first-order chi connectivity index (χ1) is 20.0. The molecule has 0 heterocycles. The molecule has 0 aromatic carbocycles. The highest BCUT2D eigenvalue weighted by Crippen LogP contribution is 2.05. The Kier molecular flexibility index (Phi) is 17.5. The summed E-state index contributed by atoms with van der Waals surface area (Å²) in [4.78, 5) is 84.5. The molecule has 0 aliphatic heterocycles. The topological polar surface area (TPSA) is 322 Å². The van der Waals surface area contributed by atoms with Crippen LogP contribution in [-0.4, -0.2) is 154 Å². The van der Waals surface area contributed by atoms with Gasteiger partial charge in [0.25, 0.3) is 0 Å². The molecular formula is C23H40N6O14. The lowest BCUT2D eigenvalue weighted by Gasteiger charge is -2.24. The number of hydrogen-bond donors (Lipinski definition) is 12. The molecule has 0 bridgehead atoms. The Hall–Kier alpha value is -3.95. The summed E-state index contributed by atoms with van der Waals surface area (Å²) in [6, 6.07) is -8.71. The zero-order valence-corrected chi connectivity index (χ0v) is 23.8. The Morgan fingerprint density at radius 2 is 0.884 bits per heavy atom. The first kappa shape index (κ1) is 39.0. The molecule has 0 aromatic heterocycles. The number of ether oxygens (including phenoxy) is 1. The second kappa shape index (κ2) is 19.3. The number of carbonyl (C=O) groups is 7. The molecule has 5 atom stereocenters. The van der Waals surface area contributed by atoms with Gasteiger partial charge in [-0.1, -0.05) is 0 Å². The molecule has 12 N–H and O–H groups in total. The van der Waals surface area contributed by atoms with Crippen molar-refractivity contribution in [1.82, 2.24) is 31.9 Å². The van der Waals surface area contributed by atoms with Gasteiger partial charge in [0.2, 0.25) is 35.4 Å². The van der Waals surface area contributed by atoms with Crippen LogP contribution in [0.15, 0.2) is 0 Å². The minimum Gasteiger partial charge on any atom is -0.480 e. The SMILES string of the molecule is CC(C)(C)OCC(=O)NCC(=O)N[C@@H](CO)C(=O)NC(CO)C(=O)N[C@@H](CO)C(=O)N[C@@H](CO)C(=O)N[C@@H](CO)C(=O)O. The van der Waals surface area contributed by atoms with Gasteiger partial charge >= 0.3 is 5.97 Å². The standard InChI is InChI=1S/C23H40N6O14/c1-23(2,3)43-10-17(36)24-4-16(35)25-11(5-30)18(37)26-12(6-31)19(38)27-13(7-32)20(39)28-14(8-33)21(40)29-15(9-34)22(41)42/h11-15,30-34H,4-10H2,1-3H3,(H,24,36)(H,25,35)(H,26,37)(H,27,38)(H,28,39)(H,29,40)(H,41,42)/t11-,12?,13-,14-,15-/m0/s1. The number of carboxylic acid groups (broad SMARTS) is 1. The molecule has 20 nitrogen and oxygen atoms in total. The van der Waals surface area contributed by atoms with E-state index in [0.717, 1.165) is 0 Å². The highest BCUT2D eigenvalue weighted by Gasteiger charge is 2.31. The van der Waals surface area contributed by atoms with Crippen LogP contribution in [0.2, 0.25) is 0 Å². The summed E-state index contributed by atoms with van der Waals surface area (Å²) in [6.07, 6.45) is 0. The Labute approximate surface area is 245 Å². The first-order valence-electron chi connectivity index (χ1n) is 12.7. The van der Waals surface area contributed by atoms with Crippen LogP contribution >= 0.6 is 0 Å². The first-order valence-corrected chi connectivity index (χ1v) is 12.7. The third-order valence-electron chi connectivity index (χ3n) is 5.16. The van der Waals surface area contributed by atoms with Crippen molar-refractivity contribution in [2.24, 2.45) is 0 Å². The van der Waals surface area contributed by atoms with Crippen LogP contribution in [-0.2, 0) is 38.3 Å². The van der Waals surface area contributed by atoms with Crippen molar-refractivity contribution < 1.29 is 68.9 Å². The monoisotopic (exact) mass is 624 g/mol. The molecule has 0 aliphatic rings. The van der Waals surface area contributed by atoms with Crippen molar-refractivity contribution in [2.45, 2.75) is 56.6 Å². The predicted octanol–water partition coefficient (Wildman–Crippen LogP) is -7.61. The largest absolute Gasteiger partial charge is 0.480 e. The summed E-state index contributed by atoms with van der Waals surface area (Å²) in [6.45, 7) is -0.906. The second-order valence-electron chi connectivity index (χ2n) is 9.79. The van der Waals surface area contributed by atoms with Gasteiger partial charge in [0.05, 0.1) is 45.2 Å². The molecule has 0 aromatic rings. The number of amides is 6. The third kappa shape index (κ3) is 15.2. The lowest BCUT2D eigenvalue weighted by atomic mass is 10.2. The Morgan fingerprint density at radius 3 is 1.19 bits per heavy atom. The van der Waals surface area contributed by atoms with Crippen molar-refractivity contribution in [1.29, 1.82) is 0 Å². The van der Waals surface area contributed by atoms with E-state index in [1.54, 1.807) is 20.8 Å². The molecular weight excluding hydrogens is 584 g/mol. The van der Waals surface area contributed by atoms with Crippen molar-refractivity contribution in [3.05, 3.63) is 0 Å². The lowest BCUT2D eigenvalue weighted by Crippen LogP contribution is -2.61. The van der Waals surface area contributed by atoms with Crippen LogP contribution in [0.5, 0.6) is 0 Å². The number of carbonyl (C=O) groups excluding carboxylic acids is 6. The van der Waals surface area contributed by atoms with Crippen LogP contribution in [0, 0.1) is 0 Å². The van der Waals surface area contributed by atoms with Gasteiger partial charge in [-0.3, -0.25) is 28.8 Å². The zero-order chi connectivity index (χ0) is 33.3. The average molecular weight is 625 g/mol. The quantitative estimate of drug-likeness (QED) is 0.0635. The summed E-state index contributed by atoms with van der Waals surface area (Å²) in [5, 5.41) is 68.0. The van der Waals surface area contributed by atoms with Gasteiger partial charge in [0.1, 0.15) is 36.8 Å². The molecule has 43 heavy (non-hydrogen) atoms. The Bertz CT molecular complexity index is 988. The molecule has 20 heteroatoms. The van der Waals surface area contributed by atoms with Crippen LogP contribution < -0.4 is 31.9 Å². The van der Waals surface area contributed by atoms with Crippen LogP contribution in [0.25, 0.3) is 0 Å². The van der Waals surface area contributed by atoms with E-state index in [-0.39, 0.29) is 6.61 Å². The number of carboxylic acids is 1. The molecule has 246 valence electrons. The molecule has 0 rings (SSSR count). The number of rotatable bonds is 19. The van der Waals surface area contributed by atoms with Gasteiger partial charge in [-0.15, -0.1) is 0 Å². The lowest BCUT2D eigenvalue weighted by molar-refractivity contribution is -0.143. The van der Waals surface area contributed by atoms with Crippen molar-refractivity contribution >= 4 is 41.4 Å². The third-order valence-corrected chi connectivity index (χ3v) is 5.16. The number of hydrogen-bond acceptors (Lipinski definition) is 13. The van der Waals surface area contributed by atoms with E-state index in [2.05, 4.69) is 10.6 Å². The predicted molar refractivity (Wildman–Crippen MR) is 141 cm³/mol. The van der Waals surface area contributed by atoms with Crippen molar-refractivity contribution in [3.63, 3.8) is 0 Å². The Balaban J connectivity index is 5.12. The van der Waals surface area contributed by atoms with E-state index in [0.29, 0.717) is 0 Å². The number of aliphatic hydroxyl groups is 5. The maximum Gasteiger partial charge on any atom is 0.328 e. The van der Waals surface area contributed by atoms with E-state index in [4.69, 9.17) is 14.9 Å². The smallest absolute Gasteiger partial charge is 0.328 e. The molecule has 0 saturated heterocycles. The summed E-state index contributed by atoms with van der Waals surface area (Å²) in [5.74, 6) is -7.95. The van der Waals surface area contributed by atoms with Gasteiger partial charge in [0.15, 0.2) is 0 Å². The minimum absolute atomic E-state index is 0.344. The average Bonchev–Trinajstić information content (AvgIpc) is 2.95. The van der Waals surface area contributed by atoms with E-state index >= 15 is 0 Å². The van der Waals surface area contributed by atoms with E-state index in [1.807, 2.05) is 21.3 Å². The normalized spacial score (nSPS) is 14.6. The van der Waals surface area contributed by atoms with Gasteiger partial charge in [-0.2, -0.15) is 0 Å². The van der Waals surface area contributed by atoms with Gasteiger partial charge in [-0.25, -0.2) is 4.79 Å². The molecule has 1 unspecified atom stereocenters. The molecule has 0 saturated carbocycles. The highest BCUT2D eigenvalue weighted by atomic mass is 16.5. The highest BCUT2D eigenvalue weighted by molar-refractivity contribution is 5.96. The van der Waals surface area contributed by atoms with Gasteiger partial charge in [-0.05, 0) is 20.8 Å². The van der Waals surface area contributed by atoms with Crippen LogP contribution in [0.1, 0.15) is 20.8 Å². The van der Waals surface area contributed by atoms with E-state index in [1.165, 1.54) is 0 Å². The van der Waals surface area contributed by atoms with Gasteiger partial charge in [0, 0.05) is 0 Å². The summed E-state index contributed by atoms with van der Waals surface area (Å²) in [7, 11) is 0. The second-order valence-corrected chi connectivity index (χ2v) is 9.79. The van der Waals surface area contributed by atoms with E-state index < -0.39 is 117 Å². The van der Waals surface area contributed by atoms with Crippen LogP contribution in [0.4, 0.5) is 0 Å². The molecule has 0 fully saturated rings. The van der Waals surface area contributed by atoms with Gasteiger partial charge < -0.3 is 67.3 Å². The number of aliphatic carboxylic acids is 1. The summed E-state index contributed by atoms with van der Waals surface area (Å²) >= 11 is 0. The molecule has 6 amide bonds. The fourth-order valence-electron chi connectivity index (χ4n) is 2.81. The zero-order valence-electron chi connectivity index (χ0n) is 23.8. The fourth-order valence-corrected chi connectivity index (χ4v) is 2.81. The molecule has 0 spiro atoms. The Morgan fingerprint density at radius 1 is 0.558 bits per heavy atom.